The summed E-state index contributed by atoms with van der Waals surface area (Å²) >= 11 is 0. The highest BCUT2D eigenvalue weighted by Gasteiger charge is 2.35. The predicted molar refractivity (Wildman–Crippen MR) is 142 cm³/mol. The number of carboxylic acid groups (broad SMARTS) is 1. The van der Waals surface area contributed by atoms with Gasteiger partial charge >= 0.3 is 6.16 Å². The molecule has 1 heterocycles. The first-order valence-corrected chi connectivity index (χ1v) is 11.5. The van der Waals surface area contributed by atoms with Crippen molar-refractivity contribution in [2.45, 2.75) is 13.8 Å². The van der Waals surface area contributed by atoms with Crippen LogP contribution in [0.15, 0.2) is 90.0 Å². The Bertz CT molecular complexity index is 1560. The van der Waals surface area contributed by atoms with Crippen LogP contribution >= 0.6 is 0 Å². The largest absolute Gasteiger partial charge is 0.511 e. The fourth-order valence-corrected chi connectivity index (χ4v) is 4.21. The smallest absolute Gasteiger partial charge is 0.505 e. The van der Waals surface area contributed by atoms with Crippen LogP contribution in [-0.2, 0) is 4.79 Å². The molecule has 0 radical (unpaired) electrons. The highest BCUT2D eigenvalue weighted by molar-refractivity contribution is 6.55. The van der Waals surface area contributed by atoms with E-state index in [2.05, 4.69) is 15.3 Å². The van der Waals surface area contributed by atoms with E-state index >= 15 is 0 Å². The molecular weight excluding hydrogens is 470 g/mol. The summed E-state index contributed by atoms with van der Waals surface area (Å²) in [5.74, 6) is -0.173. The van der Waals surface area contributed by atoms with Crippen molar-refractivity contribution in [3.05, 3.63) is 102 Å². The maximum atomic E-state index is 13.5. The number of hydrogen-bond acceptors (Lipinski definition) is 6. The molecule has 37 heavy (non-hydrogen) atoms. The van der Waals surface area contributed by atoms with Gasteiger partial charge in [0.2, 0.25) is 0 Å². The lowest BCUT2D eigenvalue weighted by molar-refractivity contribution is -0.111. The van der Waals surface area contributed by atoms with Gasteiger partial charge in [0, 0.05) is 16.8 Å². The number of hydrogen-bond donors (Lipinski definition) is 3. The molecule has 0 bridgehead atoms. The van der Waals surface area contributed by atoms with Crippen LogP contribution in [0.25, 0.3) is 11.1 Å². The summed E-state index contributed by atoms with van der Waals surface area (Å²) in [6, 6.07) is 24.7. The average molecular weight is 494 g/mol. The quantitative estimate of drug-likeness (QED) is 0.132. The Labute approximate surface area is 213 Å². The Kier molecular flexibility index (Phi) is 6.07. The van der Waals surface area contributed by atoms with E-state index in [9.17, 15) is 14.7 Å². The Morgan fingerprint density at radius 1 is 0.892 bits per heavy atom. The van der Waals surface area contributed by atoms with Gasteiger partial charge in [0.25, 0.3) is 5.91 Å². The van der Waals surface area contributed by atoms with Gasteiger partial charge < -0.3 is 14.9 Å². The van der Waals surface area contributed by atoms with E-state index in [0.717, 1.165) is 22.5 Å². The number of aryl methyl sites for hydroxylation is 2. The standard InChI is InChI=1S/C29H23N3O5/c1-17-10-13-20(16-18(17)2)32-25-9-4-3-6-23(25)26(28(32)34)31-30-24-8-5-7-22(27(24)33)19-11-14-21(15-12-19)37-29(35)36/h3-16,30,33H,1-2H3,(H,35,36). The second kappa shape index (κ2) is 9.50. The summed E-state index contributed by atoms with van der Waals surface area (Å²) in [5, 5.41) is 24.1. The number of phenolic OH excluding ortho intramolecular Hbond substituents is 1. The van der Waals surface area contributed by atoms with Gasteiger partial charge in [-0.2, -0.15) is 5.10 Å². The number of benzene rings is 4. The number of phenols is 1. The third-order valence-electron chi connectivity index (χ3n) is 6.25. The van der Waals surface area contributed by atoms with Crippen LogP contribution in [0, 0.1) is 13.8 Å². The molecule has 0 aliphatic carbocycles. The lowest BCUT2D eigenvalue weighted by Crippen LogP contribution is -2.26. The minimum Gasteiger partial charge on any atom is -0.505 e. The number of nitrogens with one attached hydrogen (secondary N) is 1. The molecule has 0 unspecified atom stereocenters. The van der Waals surface area contributed by atoms with Gasteiger partial charge in [0.1, 0.15) is 11.5 Å². The average Bonchev–Trinajstić information content (AvgIpc) is 3.16. The Morgan fingerprint density at radius 2 is 1.62 bits per heavy atom. The minimum absolute atomic E-state index is 0.0662. The first-order chi connectivity index (χ1) is 17.8. The van der Waals surface area contributed by atoms with Gasteiger partial charge in [0.15, 0.2) is 5.71 Å². The maximum Gasteiger partial charge on any atom is 0.511 e. The van der Waals surface area contributed by atoms with Crippen LogP contribution in [0.5, 0.6) is 11.5 Å². The second-order valence-electron chi connectivity index (χ2n) is 8.59. The second-order valence-corrected chi connectivity index (χ2v) is 8.59. The minimum atomic E-state index is -1.40. The van der Waals surface area contributed by atoms with Crippen molar-refractivity contribution in [2.24, 2.45) is 5.10 Å². The van der Waals surface area contributed by atoms with Crippen LogP contribution in [0.1, 0.15) is 16.7 Å². The summed E-state index contributed by atoms with van der Waals surface area (Å²) in [5.41, 5.74) is 8.94. The lowest BCUT2D eigenvalue weighted by atomic mass is 10.0. The fourth-order valence-electron chi connectivity index (χ4n) is 4.21. The molecule has 184 valence electrons. The maximum absolute atomic E-state index is 13.5. The summed E-state index contributed by atoms with van der Waals surface area (Å²) in [4.78, 5) is 25.9. The zero-order valence-electron chi connectivity index (χ0n) is 20.1. The van der Waals surface area contributed by atoms with E-state index < -0.39 is 6.16 Å². The summed E-state index contributed by atoms with van der Waals surface area (Å²) in [6.45, 7) is 4.03. The van der Waals surface area contributed by atoms with Gasteiger partial charge in [-0.05, 0) is 66.9 Å². The van der Waals surface area contributed by atoms with Crippen molar-refractivity contribution in [1.29, 1.82) is 0 Å². The lowest BCUT2D eigenvalue weighted by Gasteiger charge is -2.18. The Hall–Kier alpha value is -5.11. The summed E-state index contributed by atoms with van der Waals surface area (Å²) in [7, 11) is 0. The number of aromatic hydroxyl groups is 1. The molecule has 1 aliphatic rings. The van der Waals surface area contributed by atoms with Gasteiger partial charge in [0.05, 0.1) is 11.4 Å². The van der Waals surface area contributed by atoms with Crippen molar-refractivity contribution in [3.8, 4) is 22.6 Å². The van der Waals surface area contributed by atoms with Gasteiger partial charge in [-0.3, -0.25) is 15.1 Å². The van der Waals surface area contributed by atoms with E-state index in [1.165, 1.54) is 12.1 Å². The van der Waals surface area contributed by atoms with Crippen molar-refractivity contribution in [3.63, 3.8) is 0 Å². The summed E-state index contributed by atoms with van der Waals surface area (Å²) < 4.78 is 4.63. The van der Waals surface area contributed by atoms with Crippen LogP contribution in [0.4, 0.5) is 21.9 Å². The third kappa shape index (κ3) is 4.48. The molecule has 8 heteroatoms. The van der Waals surface area contributed by atoms with E-state index in [1.54, 1.807) is 35.2 Å². The number of carbonyl (C=O) groups excluding carboxylic acids is 1. The topological polar surface area (TPSA) is 111 Å². The molecule has 5 rings (SSSR count). The third-order valence-corrected chi connectivity index (χ3v) is 6.25. The number of para-hydroxylation sites is 2. The van der Waals surface area contributed by atoms with E-state index in [4.69, 9.17) is 5.11 Å². The molecule has 4 aromatic carbocycles. The molecule has 0 spiro atoms. The van der Waals surface area contributed by atoms with E-state index in [1.807, 2.05) is 56.3 Å². The van der Waals surface area contributed by atoms with Crippen molar-refractivity contribution < 1.29 is 24.5 Å². The summed E-state index contributed by atoms with van der Waals surface area (Å²) in [6.07, 6.45) is -1.40. The zero-order chi connectivity index (χ0) is 26.1. The highest BCUT2D eigenvalue weighted by Crippen LogP contribution is 2.38. The molecule has 1 amide bonds. The van der Waals surface area contributed by atoms with Crippen LogP contribution in [-0.4, -0.2) is 28.0 Å². The number of fused-ring (bicyclic) bond motifs is 1. The van der Waals surface area contributed by atoms with Gasteiger partial charge in [-0.1, -0.05) is 48.5 Å². The van der Waals surface area contributed by atoms with Gasteiger partial charge in [-0.25, -0.2) is 4.79 Å². The number of ether oxygens (including phenoxy) is 1. The van der Waals surface area contributed by atoms with Crippen molar-refractivity contribution >= 4 is 34.8 Å². The molecule has 3 N–H and O–H groups in total. The SMILES string of the molecule is Cc1ccc(N2C(=O)C(=NNc3cccc(-c4ccc(OC(=O)O)cc4)c3O)c3ccccc32)cc1C. The van der Waals surface area contributed by atoms with Crippen LogP contribution < -0.4 is 15.1 Å². The number of carbonyl (C=O) groups is 2. The molecular formula is C29H23N3O5. The molecule has 0 fully saturated rings. The zero-order valence-corrected chi connectivity index (χ0v) is 20.1. The first-order valence-electron chi connectivity index (χ1n) is 11.5. The van der Waals surface area contributed by atoms with Crippen LogP contribution in [0.3, 0.4) is 0 Å². The number of amides is 1. The highest BCUT2D eigenvalue weighted by atomic mass is 16.7. The Morgan fingerprint density at radius 3 is 2.35 bits per heavy atom. The molecule has 8 nitrogen and oxygen atoms in total. The molecule has 4 aromatic rings. The number of nitrogens with zero attached hydrogens (tertiary/aromatic N) is 2. The predicted octanol–water partition coefficient (Wildman–Crippen LogP) is 6.23. The number of hydrazone groups is 1. The molecule has 0 aromatic heterocycles. The molecule has 0 saturated heterocycles. The van der Waals surface area contributed by atoms with Crippen LogP contribution in [0.2, 0.25) is 0 Å². The molecule has 0 atom stereocenters. The fraction of sp³-hybridized carbons (Fsp3) is 0.0690. The van der Waals surface area contributed by atoms with E-state index in [0.29, 0.717) is 22.4 Å². The number of rotatable bonds is 5. The molecule has 1 aliphatic heterocycles. The number of anilines is 3. The molecule has 0 saturated carbocycles. The van der Waals surface area contributed by atoms with Crippen molar-refractivity contribution in [2.75, 3.05) is 10.3 Å². The van der Waals surface area contributed by atoms with Crippen molar-refractivity contribution in [1.82, 2.24) is 0 Å². The van der Waals surface area contributed by atoms with E-state index in [-0.39, 0.29) is 23.1 Å². The normalized spacial score (nSPS) is 13.5. The van der Waals surface area contributed by atoms with Gasteiger partial charge in [-0.15, -0.1) is 0 Å². The monoisotopic (exact) mass is 493 g/mol. The Balaban J connectivity index is 1.46. The first kappa shape index (κ1) is 23.6.